The van der Waals surface area contributed by atoms with E-state index in [1.54, 1.807) is 0 Å². The van der Waals surface area contributed by atoms with E-state index in [9.17, 15) is 4.79 Å². The summed E-state index contributed by atoms with van der Waals surface area (Å²) in [4.78, 5) is 17.2. The first-order valence-corrected chi connectivity index (χ1v) is 8.81. The highest BCUT2D eigenvalue weighted by atomic mass is 16.2. The SMILES string of the molecule is Cc1cccc(N2CCN(C(=O)c3n[nH]c4c3CCC4)CC2)c1C. The summed E-state index contributed by atoms with van der Waals surface area (Å²) in [5.74, 6) is 0.0926. The minimum atomic E-state index is 0.0926. The fraction of sp³-hybridized carbons (Fsp3) is 0.474. The van der Waals surface area contributed by atoms with E-state index in [2.05, 4.69) is 47.1 Å². The molecule has 0 spiro atoms. The predicted molar refractivity (Wildman–Crippen MR) is 94.6 cm³/mol. The molecule has 24 heavy (non-hydrogen) atoms. The van der Waals surface area contributed by atoms with Crippen LogP contribution in [0.5, 0.6) is 0 Å². The van der Waals surface area contributed by atoms with Gasteiger partial charge in [0.1, 0.15) is 0 Å². The van der Waals surface area contributed by atoms with Gasteiger partial charge in [0, 0.05) is 43.1 Å². The van der Waals surface area contributed by atoms with Crippen molar-refractivity contribution >= 4 is 11.6 Å². The number of aryl methyl sites for hydroxylation is 2. The number of benzene rings is 1. The van der Waals surface area contributed by atoms with Crippen LogP contribution in [0.4, 0.5) is 5.69 Å². The number of anilines is 1. The van der Waals surface area contributed by atoms with Gasteiger partial charge in [0.25, 0.3) is 5.91 Å². The highest BCUT2D eigenvalue weighted by molar-refractivity contribution is 5.94. The Hall–Kier alpha value is -2.30. The highest BCUT2D eigenvalue weighted by Crippen LogP contribution is 2.26. The van der Waals surface area contributed by atoms with Crippen LogP contribution < -0.4 is 4.90 Å². The quantitative estimate of drug-likeness (QED) is 0.923. The fourth-order valence-corrected chi connectivity index (χ4v) is 3.87. The maximum absolute atomic E-state index is 12.8. The molecule has 1 aliphatic heterocycles. The summed E-state index contributed by atoms with van der Waals surface area (Å²) in [6.07, 6.45) is 3.13. The van der Waals surface area contributed by atoms with Gasteiger partial charge in [0.05, 0.1) is 0 Å². The molecule has 2 aromatic rings. The number of aromatic nitrogens is 2. The van der Waals surface area contributed by atoms with Crippen molar-refractivity contribution < 1.29 is 4.79 Å². The average Bonchev–Trinajstić information content (AvgIpc) is 3.20. The van der Waals surface area contributed by atoms with Gasteiger partial charge in [-0.15, -0.1) is 0 Å². The van der Waals surface area contributed by atoms with E-state index in [1.165, 1.54) is 16.8 Å². The third kappa shape index (κ3) is 2.48. The van der Waals surface area contributed by atoms with Crippen molar-refractivity contribution in [3.8, 4) is 0 Å². The van der Waals surface area contributed by atoms with Crippen molar-refractivity contribution in [3.05, 3.63) is 46.3 Å². The molecular formula is C19H24N4O. The second kappa shape index (κ2) is 5.96. The summed E-state index contributed by atoms with van der Waals surface area (Å²) in [5, 5.41) is 7.33. The fourth-order valence-electron chi connectivity index (χ4n) is 3.87. The molecule has 0 unspecified atom stereocenters. The Kier molecular flexibility index (Phi) is 3.79. The second-order valence-corrected chi connectivity index (χ2v) is 6.88. The van der Waals surface area contributed by atoms with Crippen LogP contribution in [-0.4, -0.2) is 47.2 Å². The first-order valence-electron chi connectivity index (χ1n) is 8.81. The highest BCUT2D eigenvalue weighted by Gasteiger charge is 2.29. The molecule has 1 saturated heterocycles. The predicted octanol–water partition coefficient (Wildman–Crippen LogP) is 2.48. The Morgan fingerprint density at radius 1 is 1.12 bits per heavy atom. The number of piperazine rings is 1. The zero-order valence-electron chi connectivity index (χ0n) is 14.4. The molecule has 1 amide bonds. The summed E-state index contributed by atoms with van der Waals surface area (Å²) in [6.45, 7) is 7.60. The number of aromatic amines is 1. The molecule has 0 radical (unpaired) electrons. The number of amides is 1. The number of rotatable bonds is 2. The number of nitrogens with one attached hydrogen (secondary N) is 1. The maximum Gasteiger partial charge on any atom is 0.274 e. The van der Waals surface area contributed by atoms with E-state index < -0.39 is 0 Å². The number of nitrogens with zero attached hydrogens (tertiary/aromatic N) is 3. The van der Waals surface area contributed by atoms with Crippen LogP contribution in [0.2, 0.25) is 0 Å². The minimum Gasteiger partial charge on any atom is -0.368 e. The molecule has 0 saturated carbocycles. The van der Waals surface area contributed by atoms with E-state index in [0.717, 1.165) is 56.7 Å². The van der Waals surface area contributed by atoms with Gasteiger partial charge in [-0.05, 0) is 50.3 Å². The Morgan fingerprint density at radius 2 is 1.92 bits per heavy atom. The Balaban J connectivity index is 1.46. The molecule has 4 rings (SSSR count). The largest absolute Gasteiger partial charge is 0.368 e. The first-order chi connectivity index (χ1) is 11.6. The first kappa shape index (κ1) is 15.2. The Labute approximate surface area is 142 Å². The molecule has 1 aromatic carbocycles. The van der Waals surface area contributed by atoms with Crippen LogP contribution in [0.25, 0.3) is 0 Å². The summed E-state index contributed by atoms with van der Waals surface area (Å²) in [6, 6.07) is 6.44. The van der Waals surface area contributed by atoms with Gasteiger partial charge in [-0.3, -0.25) is 9.89 Å². The lowest BCUT2D eigenvalue weighted by molar-refractivity contribution is 0.0739. The van der Waals surface area contributed by atoms with Crippen molar-refractivity contribution in [3.63, 3.8) is 0 Å². The third-order valence-corrected chi connectivity index (χ3v) is 5.49. The van der Waals surface area contributed by atoms with Crippen LogP contribution in [0.15, 0.2) is 18.2 Å². The lowest BCUT2D eigenvalue weighted by atomic mass is 10.1. The minimum absolute atomic E-state index is 0.0926. The summed E-state index contributed by atoms with van der Waals surface area (Å²) in [5.41, 5.74) is 6.91. The molecule has 0 bridgehead atoms. The summed E-state index contributed by atoms with van der Waals surface area (Å²) < 4.78 is 0. The normalized spacial score (nSPS) is 17.2. The molecule has 2 heterocycles. The van der Waals surface area contributed by atoms with Gasteiger partial charge in [0.2, 0.25) is 0 Å². The zero-order chi connectivity index (χ0) is 16.7. The molecule has 5 nitrogen and oxygen atoms in total. The van der Waals surface area contributed by atoms with Gasteiger partial charge in [-0.25, -0.2) is 0 Å². The van der Waals surface area contributed by atoms with E-state index >= 15 is 0 Å². The van der Waals surface area contributed by atoms with Crippen molar-refractivity contribution in [2.45, 2.75) is 33.1 Å². The molecule has 126 valence electrons. The standard InChI is InChI=1S/C19H24N4O/c1-13-5-3-8-17(14(13)2)22-9-11-23(12-10-22)19(24)18-15-6-4-7-16(15)20-21-18/h3,5,8H,4,6-7,9-12H2,1-2H3,(H,20,21). The molecule has 5 heteroatoms. The van der Waals surface area contributed by atoms with E-state index in [-0.39, 0.29) is 5.91 Å². The van der Waals surface area contributed by atoms with E-state index in [0.29, 0.717) is 5.69 Å². The van der Waals surface area contributed by atoms with E-state index in [1.807, 2.05) is 4.90 Å². The van der Waals surface area contributed by atoms with Gasteiger partial charge >= 0.3 is 0 Å². The smallest absolute Gasteiger partial charge is 0.274 e. The molecule has 1 aliphatic carbocycles. The number of fused-ring (bicyclic) bond motifs is 1. The molecular weight excluding hydrogens is 300 g/mol. The van der Waals surface area contributed by atoms with Crippen LogP contribution in [-0.2, 0) is 12.8 Å². The topological polar surface area (TPSA) is 52.2 Å². The Bertz CT molecular complexity index is 772. The van der Waals surface area contributed by atoms with Crippen LogP contribution in [0.3, 0.4) is 0 Å². The van der Waals surface area contributed by atoms with Crippen LogP contribution >= 0.6 is 0 Å². The van der Waals surface area contributed by atoms with Crippen LogP contribution in [0.1, 0.15) is 39.3 Å². The van der Waals surface area contributed by atoms with Gasteiger partial charge < -0.3 is 9.80 Å². The zero-order valence-corrected chi connectivity index (χ0v) is 14.4. The second-order valence-electron chi connectivity index (χ2n) is 6.88. The summed E-state index contributed by atoms with van der Waals surface area (Å²) in [7, 11) is 0. The van der Waals surface area contributed by atoms with Crippen LogP contribution in [0, 0.1) is 13.8 Å². The third-order valence-electron chi connectivity index (χ3n) is 5.49. The molecule has 1 N–H and O–H groups in total. The molecule has 1 fully saturated rings. The number of carbonyl (C=O) groups is 1. The van der Waals surface area contributed by atoms with Gasteiger partial charge in [-0.1, -0.05) is 12.1 Å². The van der Waals surface area contributed by atoms with Crippen molar-refractivity contribution in [1.29, 1.82) is 0 Å². The van der Waals surface area contributed by atoms with Gasteiger partial charge in [0.15, 0.2) is 5.69 Å². The van der Waals surface area contributed by atoms with Crippen molar-refractivity contribution in [2.24, 2.45) is 0 Å². The summed E-state index contributed by atoms with van der Waals surface area (Å²) >= 11 is 0. The molecule has 2 aliphatic rings. The molecule has 0 atom stereocenters. The average molecular weight is 324 g/mol. The maximum atomic E-state index is 12.8. The van der Waals surface area contributed by atoms with Gasteiger partial charge in [-0.2, -0.15) is 5.10 Å². The Morgan fingerprint density at radius 3 is 2.71 bits per heavy atom. The van der Waals surface area contributed by atoms with E-state index in [4.69, 9.17) is 0 Å². The number of hydrogen-bond acceptors (Lipinski definition) is 3. The number of hydrogen-bond donors (Lipinski definition) is 1. The molecule has 1 aromatic heterocycles. The lowest BCUT2D eigenvalue weighted by Crippen LogP contribution is -2.49. The number of H-pyrrole nitrogens is 1. The number of carbonyl (C=O) groups excluding carboxylic acids is 1. The lowest BCUT2D eigenvalue weighted by Gasteiger charge is -2.36. The monoisotopic (exact) mass is 324 g/mol. The van der Waals surface area contributed by atoms with Crippen molar-refractivity contribution in [1.82, 2.24) is 15.1 Å². The van der Waals surface area contributed by atoms with Crippen molar-refractivity contribution in [2.75, 3.05) is 31.1 Å².